The quantitative estimate of drug-likeness (QED) is 0.261. The molecule has 4 heteroatoms. The lowest BCUT2D eigenvalue weighted by Crippen LogP contribution is -2.26. The number of rotatable bonds is 15. The molecule has 0 spiro atoms. The Balaban J connectivity index is 1.45. The smallest absolute Gasteiger partial charge is 0.224 e. The van der Waals surface area contributed by atoms with E-state index in [9.17, 15) is 4.79 Å². The molecule has 1 N–H and O–H groups in total. The Bertz CT molecular complexity index is 991. The van der Waals surface area contributed by atoms with Crippen LogP contribution in [-0.4, -0.2) is 22.0 Å². The number of para-hydroxylation sites is 2. The molecule has 178 valence electrons. The van der Waals surface area contributed by atoms with Crippen LogP contribution in [0.3, 0.4) is 0 Å². The van der Waals surface area contributed by atoms with Gasteiger partial charge in [-0.15, -0.1) is 0 Å². The number of imidazole rings is 1. The van der Waals surface area contributed by atoms with E-state index in [0.29, 0.717) is 13.0 Å². The largest absolute Gasteiger partial charge is 0.356 e. The van der Waals surface area contributed by atoms with E-state index in [1.165, 1.54) is 62.4 Å². The van der Waals surface area contributed by atoms with Crippen molar-refractivity contribution in [3.8, 4) is 0 Å². The molecule has 3 rings (SSSR count). The summed E-state index contributed by atoms with van der Waals surface area (Å²) in [6.07, 6.45) is 12.9. The van der Waals surface area contributed by atoms with E-state index < -0.39 is 0 Å². The summed E-state index contributed by atoms with van der Waals surface area (Å²) in [6, 6.07) is 16.5. The first-order valence-corrected chi connectivity index (χ1v) is 12.9. The molecule has 3 aromatic rings. The highest BCUT2D eigenvalue weighted by Crippen LogP contribution is 2.19. The van der Waals surface area contributed by atoms with Gasteiger partial charge in [-0.2, -0.15) is 0 Å². The number of benzene rings is 2. The third-order valence-corrected chi connectivity index (χ3v) is 6.48. The first-order valence-electron chi connectivity index (χ1n) is 12.9. The fourth-order valence-electron chi connectivity index (χ4n) is 4.49. The molecule has 0 unspecified atom stereocenters. The Kier molecular flexibility index (Phi) is 10.5. The highest BCUT2D eigenvalue weighted by molar-refractivity contribution is 5.79. The lowest BCUT2D eigenvalue weighted by molar-refractivity contribution is -0.120. The number of amides is 1. The van der Waals surface area contributed by atoms with Crippen LogP contribution >= 0.6 is 0 Å². The van der Waals surface area contributed by atoms with Gasteiger partial charge in [0.1, 0.15) is 5.82 Å². The summed E-state index contributed by atoms with van der Waals surface area (Å²) in [6.45, 7) is 6.04. The highest BCUT2D eigenvalue weighted by atomic mass is 16.1. The van der Waals surface area contributed by atoms with Crippen LogP contribution in [0.2, 0.25) is 0 Å². The minimum absolute atomic E-state index is 0.0942. The topological polar surface area (TPSA) is 46.9 Å². The summed E-state index contributed by atoms with van der Waals surface area (Å²) in [5, 5.41) is 3.09. The number of nitrogens with zero attached hydrogens (tertiary/aromatic N) is 2. The Morgan fingerprint density at radius 1 is 0.879 bits per heavy atom. The van der Waals surface area contributed by atoms with Gasteiger partial charge in [-0.1, -0.05) is 88.3 Å². The first-order chi connectivity index (χ1) is 16.2. The number of nitrogens with one attached hydrogen (secondary N) is 1. The molecule has 0 fully saturated rings. The van der Waals surface area contributed by atoms with E-state index in [2.05, 4.69) is 54.1 Å². The van der Waals surface area contributed by atoms with Crippen LogP contribution in [0.4, 0.5) is 0 Å². The van der Waals surface area contributed by atoms with Crippen LogP contribution in [0.15, 0.2) is 48.5 Å². The fourth-order valence-corrected chi connectivity index (χ4v) is 4.49. The van der Waals surface area contributed by atoms with Gasteiger partial charge in [0.15, 0.2) is 0 Å². The molecule has 0 saturated heterocycles. The van der Waals surface area contributed by atoms with Crippen LogP contribution in [0, 0.1) is 6.92 Å². The Morgan fingerprint density at radius 3 is 2.36 bits per heavy atom. The SMILES string of the molecule is CCCCCCCCCCn1c(CCCNC(=O)Cc2ccccc2C)nc2ccccc21. The van der Waals surface area contributed by atoms with Gasteiger partial charge in [0.2, 0.25) is 5.91 Å². The minimum atomic E-state index is 0.0942. The number of carbonyl (C=O) groups excluding carboxylic acids is 1. The minimum Gasteiger partial charge on any atom is -0.356 e. The van der Waals surface area contributed by atoms with E-state index in [-0.39, 0.29) is 5.91 Å². The van der Waals surface area contributed by atoms with Crippen molar-refractivity contribution >= 4 is 16.9 Å². The predicted molar refractivity (Wildman–Crippen MR) is 139 cm³/mol. The van der Waals surface area contributed by atoms with Crippen molar-refractivity contribution in [1.29, 1.82) is 0 Å². The molecular weight excluding hydrogens is 406 g/mol. The third kappa shape index (κ3) is 8.03. The van der Waals surface area contributed by atoms with Crippen molar-refractivity contribution in [2.75, 3.05) is 6.54 Å². The van der Waals surface area contributed by atoms with Gasteiger partial charge in [0.05, 0.1) is 17.5 Å². The molecule has 4 nitrogen and oxygen atoms in total. The van der Waals surface area contributed by atoms with Crippen molar-refractivity contribution in [2.24, 2.45) is 0 Å². The second-order valence-corrected chi connectivity index (χ2v) is 9.20. The average molecular weight is 448 g/mol. The third-order valence-electron chi connectivity index (χ3n) is 6.48. The molecule has 0 saturated carbocycles. The molecule has 1 amide bonds. The van der Waals surface area contributed by atoms with Crippen molar-refractivity contribution in [3.05, 3.63) is 65.5 Å². The number of aryl methyl sites for hydroxylation is 3. The molecule has 0 atom stereocenters. The standard InChI is InChI=1S/C29H41N3O/c1-3-4-5-6-7-8-9-14-22-32-27-19-13-12-18-26(27)31-28(32)20-15-21-30-29(33)23-25-17-11-10-16-24(25)2/h10-13,16-19H,3-9,14-15,20-23H2,1-2H3,(H,30,33). The number of aromatic nitrogens is 2. The number of carbonyl (C=O) groups is 1. The summed E-state index contributed by atoms with van der Waals surface area (Å²) in [5.41, 5.74) is 4.58. The van der Waals surface area contributed by atoms with Gasteiger partial charge in [0, 0.05) is 19.5 Å². The Labute approximate surface area is 199 Å². The second-order valence-electron chi connectivity index (χ2n) is 9.20. The Morgan fingerprint density at radius 2 is 1.58 bits per heavy atom. The number of unbranched alkanes of at least 4 members (excludes halogenated alkanes) is 7. The number of hydrogen-bond acceptors (Lipinski definition) is 2. The first kappa shape index (κ1) is 25.0. The van der Waals surface area contributed by atoms with E-state index in [0.717, 1.165) is 36.3 Å². The summed E-state index contributed by atoms with van der Waals surface area (Å²) < 4.78 is 2.40. The molecular formula is C29H41N3O. The van der Waals surface area contributed by atoms with Gasteiger partial charge in [0.25, 0.3) is 0 Å². The maximum absolute atomic E-state index is 12.3. The van der Waals surface area contributed by atoms with E-state index in [4.69, 9.17) is 4.98 Å². The molecule has 1 heterocycles. The van der Waals surface area contributed by atoms with E-state index >= 15 is 0 Å². The van der Waals surface area contributed by atoms with Crippen LogP contribution in [0.25, 0.3) is 11.0 Å². The summed E-state index contributed by atoms with van der Waals surface area (Å²) >= 11 is 0. The van der Waals surface area contributed by atoms with Crippen molar-refractivity contribution < 1.29 is 4.79 Å². The van der Waals surface area contributed by atoms with Gasteiger partial charge in [-0.05, 0) is 43.0 Å². The normalized spacial score (nSPS) is 11.2. The van der Waals surface area contributed by atoms with Crippen molar-refractivity contribution in [3.63, 3.8) is 0 Å². The zero-order valence-electron chi connectivity index (χ0n) is 20.6. The van der Waals surface area contributed by atoms with Gasteiger partial charge in [-0.3, -0.25) is 4.79 Å². The number of fused-ring (bicyclic) bond motifs is 1. The van der Waals surface area contributed by atoms with Gasteiger partial charge >= 0.3 is 0 Å². The van der Waals surface area contributed by atoms with E-state index in [1.54, 1.807) is 0 Å². The van der Waals surface area contributed by atoms with Crippen LogP contribution < -0.4 is 5.32 Å². The van der Waals surface area contributed by atoms with Crippen LogP contribution in [0.5, 0.6) is 0 Å². The molecule has 0 aliphatic rings. The van der Waals surface area contributed by atoms with Crippen LogP contribution in [-0.2, 0) is 24.2 Å². The highest BCUT2D eigenvalue weighted by Gasteiger charge is 2.11. The van der Waals surface area contributed by atoms with Crippen LogP contribution in [0.1, 0.15) is 81.7 Å². The molecule has 33 heavy (non-hydrogen) atoms. The summed E-state index contributed by atoms with van der Waals surface area (Å²) in [5.74, 6) is 1.24. The zero-order valence-corrected chi connectivity index (χ0v) is 20.6. The molecule has 0 bridgehead atoms. The molecule has 0 aliphatic heterocycles. The summed E-state index contributed by atoms with van der Waals surface area (Å²) in [4.78, 5) is 17.2. The van der Waals surface area contributed by atoms with Gasteiger partial charge < -0.3 is 9.88 Å². The summed E-state index contributed by atoms with van der Waals surface area (Å²) in [7, 11) is 0. The average Bonchev–Trinajstić information content (AvgIpc) is 3.17. The molecule has 0 aliphatic carbocycles. The van der Waals surface area contributed by atoms with Crippen molar-refractivity contribution in [2.45, 2.75) is 91.0 Å². The van der Waals surface area contributed by atoms with E-state index in [1.807, 2.05) is 18.2 Å². The zero-order chi connectivity index (χ0) is 23.3. The number of hydrogen-bond donors (Lipinski definition) is 1. The maximum Gasteiger partial charge on any atom is 0.224 e. The lowest BCUT2D eigenvalue weighted by Gasteiger charge is -2.10. The molecule has 2 aromatic carbocycles. The maximum atomic E-state index is 12.3. The second kappa shape index (κ2) is 13.8. The lowest BCUT2D eigenvalue weighted by atomic mass is 10.1. The predicted octanol–water partition coefficient (Wildman–Crippen LogP) is 6.78. The fraction of sp³-hybridized carbons (Fsp3) is 0.517. The molecule has 0 radical (unpaired) electrons. The molecule has 1 aromatic heterocycles. The van der Waals surface area contributed by atoms with Crippen molar-refractivity contribution in [1.82, 2.24) is 14.9 Å². The Hall–Kier alpha value is -2.62. The monoisotopic (exact) mass is 447 g/mol. The van der Waals surface area contributed by atoms with Gasteiger partial charge in [-0.25, -0.2) is 4.98 Å².